The maximum atomic E-state index is 12.6. The van der Waals surface area contributed by atoms with Crippen molar-refractivity contribution in [1.29, 1.82) is 0 Å². The summed E-state index contributed by atoms with van der Waals surface area (Å²) in [5.41, 5.74) is 1.89. The summed E-state index contributed by atoms with van der Waals surface area (Å²) in [6.45, 7) is 7.84. The van der Waals surface area contributed by atoms with Crippen LogP contribution in [-0.2, 0) is 0 Å². The van der Waals surface area contributed by atoms with E-state index in [1.807, 2.05) is 30.0 Å². The lowest BCUT2D eigenvalue weighted by Crippen LogP contribution is -2.62. The van der Waals surface area contributed by atoms with Crippen LogP contribution in [0.5, 0.6) is 0 Å². The zero-order valence-electron chi connectivity index (χ0n) is 11.7. The molecule has 0 aromatic heterocycles. The average molecular weight is 338 g/mol. The molecule has 2 fully saturated rings. The van der Waals surface area contributed by atoms with E-state index >= 15 is 0 Å². The third-order valence-electron chi connectivity index (χ3n) is 4.30. The Kier molecular flexibility index (Phi) is 4.10. The largest absolute Gasteiger partial charge is 0.336 e. The number of nitrogens with zero attached hydrogens (tertiary/aromatic N) is 2. The second-order valence-corrected chi connectivity index (χ2v) is 6.37. The van der Waals surface area contributed by atoms with Gasteiger partial charge in [-0.3, -0.25) is 9.69 Å². The van der Waals surface area contributed by atoms with Gasteiger partial charge in [0, 0.05) is 49.8 Å². The Labute approximate surface area is 128 Å². The van der Waals surface area contributed by atoms with Gasteiger partial charge in [-0.15, -0.1) is 0 Å². The van der Waals surface area contributed by atoms with Gasteiger partial charge in [-0.25, -0.2) is 0 Å². The van der Waals surface area contributed by atoms with Gasteiger partial charge in [0.15, 0.2) is 0 Å². The molecule has 5 heteroatoms. The molecule has 0 spiro atoms. The third-order valence-corrected chi connectivity index (χ3v) is 5.35. The van der Waals surface area contributed by atoms with Crippen LogP contribution in [0.3, 0.4) is 0 Å². The molecular formula is C15H20BrN3O. The molecule has 0 unspecified atom stereocenters. The highest BCUT2D eigenvalue weighted by Gasteiger charge is 2.29. The van der Waals surface area contributed by atoms with Gasteiger partial charge < -0.3 is 10.2 Å². The Morgan fingerprint density at radius 3 is 2.55 bits per heavy atom. The van der Waals surface area contributed by atoms with Crippen molar-refractivity contribution in [2.75, 3.05) is 39.3 Å². The summed E-state index contributed by atoms with van der Waals surface area (Å²) < 4.78 is 0.927. The molecule has 0 atom stereocenters. The maximum Gasteiger partial charge on any atom is 0.255 e. The summed E-state index contributed by atoms with van der Waals surface area (Å²) in [4.78, 5) is 17.1. The number of piperazine rings is 1. The van der Waals surface area contributed by atoms with Crippen molar-refractivity contribution < 1.29 is 4.79 Å². The molecule has 2 aliphatic rings. The minimum atomic E-state index is 0.145. The molecule has 4 nitrogen and oxygen atoms in total. The molecule has 0 bridgehead atoms. The first kappa shape index (κ1) is 14.0. The Balaban J connectivity index is 1.65. The first-order valence-corrected chi connectivity index (χ1v) is 7.95. The highest BCUT2D eigenvalue weighted by molar-refractivity contribution is 9.10. The standard InChI is InChI=1S/C15H20BrN3O/c1-11-3-2-4-13(14(11)16)15(20)19-7-5-18(6-8-19)12-9-17-10-12/h2-4,12,17H,5-10H2,1H3. The number of amides is 1. The number of benzene rings is 1. The second kappa shape index (κ2) is 5.84. The molecule has 2 aliphatic heterocycles. The van der Waals surface area contributed by atoms with Crippen LogP contribution in [0.25, 0.3) is 0 Å². The third kappa shape index (κ3) is 2.62. The van der Waals surface area contributed by atoms with Gasteiger partial charge >= 0.3 is 0 Å². The molecule has 0 radical (unpaired) electrons. The van der Waals surface area contributed by atoms with Crippen LogP contribution < -0.4 is 5.32 Å². The topological polar surface area (TPSA) is 35.6 Å². The van der Waals surface area contributed by atoms with Crippen molar-refractivity contribution in [2.45, 2.75) is 13.0 Å². The van der Waals surface area contributed by atoms with Gasteiger partial charge in [-0.2, -0.15) is 0 Å². The van der Waals surface area contributed by atoms with E-state index in [1.165, 1.54) is 0 Å². The van der Waals surface area contributed by atoms with Gasteiger partial charge in [0.1, 0.15) is 0 Å². The molecular weight excluding hydrogens is 318 g/mol. The minimum Gasteiger partial charge on any atom is -0.336 e. The van der Waals surface area contributed by atoms with Crippen LogP contribution in [0.4, 0.5) is 0 Å². The van der Waals surface area contributed by atoms with E-state index in [4.69, 9.17) is 0 Å². The molecule has 1 aromatic carbocycles. The molecule has 1 amide bonds. The van der Waals surface area contributed by atoms with Gasteiger partial charge in [-0.1, -0.05) is 12.1 Å². The summed E-state index contributed by atoms with van der Waals surface area (Å²) in [5.74, 6) is 0.145. The summed E-state index contributed by atoms with van der Waals surface area (Å²) in [6, 6.07) is 6.55. The lowest BCUT2D eigenvalue weighted by Gasteiger charge is -2.43. The first-order chi connectivity index (χ1) is 9.66. The summed E-state index contributed by atoms with van der Waals surface area (Å²) >= 11 is 3.54. The fourth-order valence-corrected chi connectivity index (χ4v) is 3.24. The van der Waals surface area contributed by atoms with Crippen LogP contribution in [-0.4, -0.2) is 61.0 Å². The second-order valence-electron chi connectivity index (χ2n) is 5.58. The number of nitrogens with one attached hydrogen (secondary N) is 1. The maximum absolute atomic E-state index is 12.6. The number of rotatable bonds is 2. The molecule has 3 rings (SSSR count). The number of aryl methyl sites for hydroxylation is 1. The summed E-state index contributed by atoms with van der Waals surface area (Å²) in [7, 11) is 0. The van der Waals surface area contributed by atoms with Crippen molar-refractivity contribution in [3.05, 3.63) is 33.8 Å². The zero-order valence-corrected chi connectivity index (χ0v) is 13.3. The molecule has 20 heavy (non-hydrogen) atoms. The summed E-state index contributed by atoms with van der Waals surface area (Å²) in [6.07, 6.45) is 0. The quantitative estimate of drug-likeness (QED) is 0.888. The van der Waals surface area contributed by atoms with Crippen molar-refractivity contribution in [3.8, 4) is 0 Å². The molecule has 0 saturated carbocycles. The number of halogens is 1. The molecule has 1 aromatic rings. The Morgan fingerprint density at radius 1 is 1.25 bits per heavy atom. The fourth-order valence-electron chi connectivity index (χ4n) is 2.80. The lowest BCUT2D eigenvalue weighted by molar-refractivity contribution is 0.0501. The van der Waals surface area contributed by atoms with Gasteiger partial charge in [0.25, 0.3) is 5.91 Å². The summed E-state index contributed by atoms with van der Waals surface area (Å²) in [5, 5.41) is 3.30. The predicted molar refractivity (Wildman–Crippen MR) is 83.0 cm³/mol. The van der Waals surface area contributed by atoms with Crippen LogP contribution in [0.1, 0.15) is 15.9 Å². The minimum absolute atomic E-state index is 0.145. The Bertz CT molecular complexity index is 508. The monoisotopic (exact) mass is 337 g/mol. The predicted octanol–water partition coefficient (Wildman–Crippen LogP) is 1.49. The first-order valence-electron chi connectivity index (χ1n) is 7.16. The molecule has 0 aliphatic carbocycles. The van der Waals surface area contributed by atoms with E-state index in [2.05, 4.69) is 26.1 Å². The number of hydrogen-bond acceptors (Lipinski definition) is 3. The van der Waals surface area contributed by atoms with Gasteiger partial charge in [0.2, 0.25) is 0 Å². The van der Waals surface area contributed by atoms with Crippen LogP contribution in [0.2, 0.25) is 0 Å². The number of carbonyl (C=O) groups is 1. The van der Waals surface area contributed by atoms with E-state index in [9.17, 15) is 4.79 Å². The van der Waals surface area contributed by atoms with Gasteiger partial charge in [0.05, 0.1) is 5.56 Å². The zero-order chi connectivity index (χ0) is 14.1. The van der Waals surface area contributed by atoms with Crippen LogP contribution in [0, 0.1) is 6.92 Å². The molecule has 2 heterocycles. The molecule has 2 saturated heterocycles. The van der Waals surface area contributed by atoms with Crippen molar-refractivity contribution in [1.82, 2.24) is 15.1 Å². The SMILES string of the molecule is Cc1cccc(C(=O)N2CCN(C3CNC3)CC2)c1Br. The normalized spacial score (nSPS) is 20.8. The van der Waals surface area contributed by atoms with Crippen molar-refractivity contribution >= 4 is 21.8 Å². The van der Waals surface area contributed by atoms with E-state index in [1.54, 1.807) is 0 Å². The lowest BCUT2D eigenvalue weighted by atomic mass is 10.1. The average Bonchev–Trinajstić information content (AvgIpc) is 2.40. The molecule has 108 valence electrons. The number of hydrogen-bond donors (Lipinski definition) is 1. The Hall–Kier alpha value is -0.910. The number of carbonyl (C=O) groups excluding carboxylic acids is 1. The van der Waals surface area contributed by atoms with Crippen molar-refractivity contribution in [3.63, 3.8) is 0 Å². The highest BCUT2D eigenvalue weighted by Crippen LogP contribution is 2.23. The smallest absolute Gasteiger partial charge is 0.255 e. The van der Waals surface area contributed by atoms with E-state index in [-0.39, 0.29) is 5.91 Å². The highest BCUT2D eigenvalue weighted by atomic mass is 79.9. The van der Waals surface area contributed by atoms with Gasteiger partial charge in [-0.05, 0) is 34.5 Å². The fraction of sp³-hybridized carbons (Fsp3) is 0.533. The van der Waals surface area contributed by atoms with Crippen LogP contribution >= 0.6 is 15.9 Å². The van der Waals surface area contributed by atoms with Crippen molar-refractivity contribution in [2.24, 2.45) is 0 Å². The van der Waals surface area contributed by atoms with E-state index in [0.29, 0.717) is 6.04 Å². The molecule has 1 N–H and O–H groups in total. The Morgan fingerprint density at radius 2 is 1.95 bits per heavy atom. The van der Waals surface area contributed by atoms with E-state index < -0.39 is 0 Å². The van der Waals surface area contributed by atoms with E-state index in [0.717, 1.165) is 54.9 Å². The van der Waals surface area contributed by atoms with Crippen LogP contribution in [0.15, 0.2) is 22.7 Å².